The van der Waals surface area contributed by atoms with Gasteiger partial charge >= 0.3 is 0 Å². The van der Waals surface area contributed by atoms with Gasteiger partial charge < -0.3 is 19.2 Å². The minimum Gasteiger partial charge on any atom is -0.486 e. The number of furan rings is 1. The van der Waals surface area contributed by atoms with Gasteiger partial charge in [-0.2, -0.15) is 0 Å². The van der Waals surface area contributed by atoms with Gasteiger partial charge in [0.2, 0.25) is 0 Å². The molecule has 2 heterocycles. The SMILES string of the molecule is O=C(Nc1ccc2c(c1)OCCO2)c1ccc(-c2cccc(Cl)c2Cl)o1. The Hall–Kier alpha value is -2.63. The lowest BCUT2D eigenvalue weighted by atomic mass is 10.2. The Morgan fingerprint density at radius 1 is 0.962 bits per heavy atom. The van der Waals surface area contributed by atoms with E-state index >= 15 is 0 Å². The minimum absolute atomic E-state index is 0.158. The number of rotatable bonds is 3. The summed E-state index contributed by atoms with van der Waals surface area (Å²) >= 11 is 12.2. The van der Waals surface area contributed by atoms with E-state index in [-0.39, 0.29) is 11.7 Å². The number of hydrogen-bond acceptors (Lipinski definition) is 4. The van der Waals surface area contributed by atoms with Gasteiger partial charge in [-0.15, -0.1) is 0 Å². The molecule has 1 N–H and O–H groups in total. The fourth-order valence-electron chi connectivity index (χ4n) is 2.61. The average Bonchev–Trinajstić information content (AvgIpc) is 3.14. The summed E-state index contributed by atoms with van der Waals surface area (Å²) in [4.78, 5) is 12.4. The molecular weight excluding hydrogens is 377 g/mol. The van der Waals surface area contributed by atoms with E-state index in [9.17, 15) is 4.79 Å². The molecule has 0 aliphatic carbocycles. The maximum atomic E-state index is 12.4. The van der Waals surface area contributed by atoms with Crippen LogP contribution >= 0.6 is 23.2 Å². The highest BCUT2D eigenvalue weighted by Crippen LogP contribution is 2.35. The van der Waals surface area contributed by atoms with Gasteiger partial charge in [0.15, 0.2) is 17.3 Å². The summed E-state index contributed by atoms with van der Waals surface area (Å²) in [6, 6.07) is 13.7. The summed E-state index contributed by atoms with van der Waals surface area (Å²) in [6.45, 7) is 0.992. The Morgan fingerprint density at radius 3 is 2.62 bits per heavy atom. The van der Waals surface area contributed by atoms with E-state index in [2.05, 4.69) is 5.32 Å². The largest absolute Gasteiger partial charge is 0.486 e. The first-order valence-corrected chi connectivity index (χ1v) is 8.62. The van der Waals surface area contributed by atoms with E-state index < -0.39 is 0 Å². The van der Waals surface area contributed by atoms with Crippen molar-refractivity contribution in [2.45, 2.75) is 0 Å². The third-order valence-corrected chi connectivity index (χ3v) is 4.67. The molecule has 26 heavy (non-hydrogen) atoms. The fraction of sp³-hybridized carbons (Fsp3) is 0.105. The predicted octanol–water partition coefficient (Wildman–Crippen LogP) is 5.28. The molecule has 0 radical (unpaired) electrons. The molecule has 0 saturated carbocycles. The Kier molecular flexibility index (Phi) is 4.49. The summed E-state index contributed by atoms with van der Waals surface area (Å²) in [7, 11) is 0. The second kappa shape index (κ2) is 6.94. The number of anilines is 1. The van der Waals surface area contributed by atoms with E-state index in [1.54, 1.807) is 48.5 Å². The topological polar surface area (TPSA) is 60.7 Å². The van der Waals surface area contributed by atoms with Gasteiger partial charge in [0.1, 0.15) is 19.0 Å². The summed E-state index contributed by atoms with van der Waals surface area (Å²) in [5.41, 5.74) is 1.20. The maximum Gasteiger partial charge on any atom is 0.291 e. The van der Waals surface area contributed by atoms with Crippen molar-refractivity contribution in [1.29, 1.82) is 0 Å². The van der Waals surface area contributed by atoms with Gasteiger partial charge in [-0.05, 0) is 36.4 Å². The van der Waals surface area contributed by atoms with Crippen LogP contribution in [0.3, 0.4) is 0 Å². The molecule has 1 aromatic heterocycles. The standard InChI is InChI=1S/C19H13Cl2NO4/c20-13-3-1-2-12(18(13)21)14-6-7-16(26-14)19(23)22-11-4-5-15-17(10-11)25-9-8-24-15/h1-7,10H,8-9H2,(H,22,23). The number of carbonyl (C=O) groups is 1. The molecule has 1 amide bonds. The normalized spacial score (nSPS) is 12.7. The van der Waals surface area contributed by atoms with Crippen LogP contribution in [0.4, 0.5) is 5.69 Å². The molecular formula is C19H13Cl2NO4. The first-order chi connectivity index (χ1) is 12.6. The van der Waals surface area contributed by atoms with E-state index in [0.29, 0.717) is 51.8 Å². The number of hydrogen-bond donors (Lipinski definition) is 1. The van der Waals surface area contributed by atoms with Crippen LogP contribution in [-0.4, -0.2) is 19.1 Å². The lowest BCUT2D eigenvalue weighted by Crippen LogP contribution is -2.16. The summed E-state index contributed by atoms with van der Waals surface area (Å²) in [5.74, 6) is 1.49. The number of halogens is 2. The highest BCUT2D eigenvalue weighted by atomic mass is 35.5. The lowest BCUT2D eigenvalue weighted by molar-refractivity contribution is 0.0997. The number of carbonyl (C=O) groups excluding carboxylic acids is 1. The van der Waals surface area contributed by atoms with Crippen molar-refractivity contribution in [3.8, 4) is 22.8 Å². The molecule has 132 valence electrons. The van der Waals surface area contributed by atoms with Crippen LogP contribution in [0.5, 0.6) is 11.5 Å². The van der Waals surface area contributed by atoms with Gasteiger partial charge in [0, 0.05) is 17.3 Å². The van der Waals surface area contributed by atoms with Gasteiger partial charge in [0.05, 0.1) is 10.0 Å². The number of nitrogens with one attached hydrogen (secondary N) is 1. The van der Waals surface area contributed by atoms with Crippen LogP contribution in [0.2, 0.25) is 10.0 Å². The van der Waals surface area contributed by atoms with Crippen molar-refractivity contribution in [3.05, 3.63) is 64.3 Å². The Labute approximate surface area is 159 Å². The number of ether oxygens (including phenoxy) is 2. The van der Waals surface area contributed by atoms with E-state index in [1.807, 2.05) is 0 Å². The fourth-order valence-corrected chi connectivity index (χ4v) is 3.01. The Balaban J connectivity index is 1.54. The van der Waals surface area contributed by atoms with Gasteiger partial charge in [-0.3, -0.25) is 4.79 Å². The van der Waals surface area contributed by atoms with Crippen molar-refractivity contribution in [1.82, 2.24) is 0 Å². The van der Waals surface area contributed by atoms with Crippen LogP contribution < -0.4 is 14.8 Å². The third-order valence-electron chi connectivity index (χ3n) is 3.85. The van der Waals surface area contributed by atoms with Crippen molar-refractivity contribution in [2.24, 2.45) is 0 Å². The Bertz CT molecular complexity index is 983. The molecule has 0 atom stereocenters. The smallest absolute Gasteiger partial charge is 0.291 e. The molecule has 0 spiro atoms. The average molecular weight is 390 g/mol. The zero-order valence-electron chi connectivity index (χ0n) is 13.4. The minimum atomic E-state index is -0.383. The van der Waals surface area contributed by atoms with E-state index in [0.717, 1.165) is 0 Å². The second-order valence-electron chi connectivity index (χ2n) is 5.58. The molecule has 7 heteroatoms. The molecule has 5 nitrogen and oxygen atoms in total. The summed E-state index contributed by atoms with van der Waals surface area (Å²) < 4.78 is 16.6. The number of fused-ring (bicyclic) bond motifs is 1. The molecule has 0 bridgehead atoms. The molecule has 3 aromatic rings. The molecule has 0 unspecified atom stereocenters. The van der Waals surface area contributed by atoms with Gasteiger partial charge in [-0.1, -0.05) is 29.3 Å². The quantitative estimate of drug-likeness (QED) is 0.661. The van der Waals surface area contributed by atoms with Crippen LogP contribution in [0.1, 0.15) is 10.6 Å². The van der Waals surface area contributed by atoms with Crippen LogP contribution in [0.15, 0.2) is 52.9 Å². The Morgan fingerprint density at radius 2 is 1.77 bits per heavy atom. The molecule has 1 aliphatic heterocycles. The molecule has 0 fully saturated rings. The van der Waals surface area contributed by atoms with Crippen LogP contribution in [-0.2, 0) is 0 Å². The zero-order valence-corrected chi connectivity index (χ0v) is 14.9. The van der Waals surface area contributed by atoms with Crippen molar-refractivity contribution < 1.29 is 18.7 Å². The zero-order chi connectivity index (χ0) is 18.1. The highest BCUT2D eigenvalue weighted by molar-refractivity contribution is 6.43. The monoisotopic (exact) mass is 389 g/mol. The van der Waals surface area contributed by atoms with Crippen LogP contribution in [0, 0.1) is 0 Å². The third kappa shape index (κ3) is 3.23. The van der Waals surface area contributed by atoms with Gasteiger partial charge in [0.25, 0.3) is 5.91 Å². The molecule has 0 saturated heterocycles. The van der Waals surface area contributed by atoms with E-state index in [1.165, 1.54) is 0 Å². The second-order valence-corrected chi connectivity index (χ2v) is 6.36. The van der Waals surface area contributed by atoms with Gasteiger partial charge in [-0.25, -0.2) is 0 Å². The lowest BCUT2D eigenvalue weighted by Gasteiger charge is -2.18. The summed E-state index contributed by atoms with van der Waals surface area (Å²) in [5, 5.41) is 3.57. The highest BCUT2D eigenvalue weighted by Gasteiger charge is 2.17. The first kappa shape index (κ1) is 16.8. The maximum absolute atomic E-state index is 12.4. The first-order valence-electron chi connectivity index (χ1n) is 7.87. The van der Waals surface area contributed by atoms with Crippen LogP contribution in [0.25, 0.3) is 11.3 Å². The van der Waals surface area contributed by atoms with Crippen molar-refractivity contribution >= 4 is 34.8 Å². The predicted molar refractivity (Wildman–Crippen MR) is 99.5 cm³/mol. The molecule has 4 rings (SSSR count). The molecule has 1 aliphatic rings. The number of amides is 1. The van der Waals surface area contributed by atoms with Crippen molar-refractivity contribution in [2.75, 3.05) is 18.5 Å². The summed E-state index contributed by atoms with van der Waals surface area (Å²) in [6.07, 6.45) is 0. The molecule has 2 aromatic carbocycles. The van der Waals surface area contributed by atoms with E-state index in [4.69, 9.17) is 37.1 Å². The number of benzene rings is 2. The van der Waals surface area contributed by atoms with Crippen molar-refractivity contribution in [3.63, 3.8) is 0 Å².